The zero-order chi connectivity index (χ0) is 16.1. The number of anilines is 1. The van der Waals surface area contributed by atoms with Crippen molar-refractivity contribution in [1.82, 2.24) is 0 Å². The Hall–Kier alpha value is -1.90. The number of halogens is 5. The second kappa shape index (κ2) is 4.55. The highest BCUT2D eigenvalue weighted by Crippen LogP contribution is 2.52. The number of carbonyl (C=O) groups is 1. The van der Waals surface area contributed by atoms with Crippen LogP contribution in [-0.2, 0) is 15.1 Å². The van der Waals surface area contributed by atoms with E-state index in [1.54, 1.807) is 0 Å². The van der Waals surface area contributed by atoms with Crippen molar-refractivity contribution in [2.45, 2.75) is 31.9 Å². The quantitative estimate of drug-likeness (QED) is 0.809. The summed E-state index contributed by atoms with van der Waals surface area (Å²) in [5.41, 5.74) is -3.90. The van der Waals surface area contributed by atoms with Gasteiger partial charge in [0.15, 0.2) is 5.60 Å². The Morgan fingerprint density at radius 2 is 1.90 bits per heavy atom. The minimum absolute atomic E-state index is 0.00846. The molecule has 1 aromatic rings. The minimum Gasteiger partial charge on any atom is -0.409 e. The lowest BCUT2D eigenvalue weighted by atomic mass is 9.92. The molecule has 0 saturated carbocycles. The topological polar surface area (TPSA) is 47.6 Å². The van der Waals surface area contributed by atoms with Crippen molar-refractivity contribution in [2.24, 2.45) is 0 Å². The SMILES string of the molecule is CC(=O)Nc1ccc2c(c1)C(C)(C(F)(F)F)OC(F)(F)O2. The number of carbonyl (C=O) groups excluding carboxylic acids is 1. The Bertz CT molecular complexity index is 587. The van der Waals surface area contributed by atoms with Crippen molar-refractivity contribution in [2.75, 3.05) is 5.32 Å². The van der Waals surface area contributed by atoms with Gasteiger partial charge in [-0.1, -0.05) is 0 Å². The summed E-state index contributed by atoms with van der Waals surface area (Å²) in [6.07, 6.45) is -9.52. The molecule has 1 aromatic carbocycles. The normalized spacial score (nSPS) is 24.0. The predicted molar refractivity (Wildman–Crippen MR) is 60.8 cm³/mol. The monoisotopic (exact) mass is 311 g/mol. The maximum absolute atomic E-state index is 13.2. The molecule has 4 nitrogen and oxygen atoms in total. The summed E-state index contributed by atoms with van der Waals surface area (Å²) in [5.74, 6) is -1.19. The first-order chi connectivity index (χ1) is 9.45. The number of rotatable bonds is 1. The number of fused-ring (bicyclic) bond motifs is 1. The average molecular weight is 311 g/mol. The molecular weight excluding hydrogens is 301 g/mol. The third kappa shape index (κ3) is 2.78. The van der Waals surface area contributed by atoms with Crippen molar-refractivity contribution in [3.63, 3.8) is 0 Å². The molecule has 0 fully saturated rings. The molecule has 0 spiro atoms. The van der Waals surface area contributed by atoms with Gasteiger partial charge in [0.1, 0.15) is 5.75 Å². The van der Waals surface area contributed by atoms with Gasteiger partial charge in [-0.3, -0.25) is 9.53 Å². The molecule has 21 heavy (non-hydrogen) atoms. The number of hydrogen-bond acceptors (Lipinski definition) is 3. The Morgan fingerprint density at radius 3 is 2.43 bits per heavy atom. The summed E-state index contributed by atoms with van der Waals surface area (Å²) < 4.78 is 73.8. The number of ether oxygens (including phenoxy) is 2. The number of alkyl halides is 5. The summed E-state index contributed by atoms with van der Waals surface area (Å²) in [6, 6.07) is 2.96. The zero-order valence-electron chi connectivity index (χ0n) is 10.8. The Morgan fingerprint density at radius 1 is 1.29 bits per heavy atom. The van der Waals surface area contributed by atoms with Crippen LogP contribution in [0.1, 0.15) is 19.4 Å². The van der Waals surface area contributed by atoms with Gasteiger partial charge in [0.25, 0.3) is 0 Å². The molecule has 0 aliphatic carbocycles. The van der Waals surface area contributed by atoms with Gasteiger partial charge in [0, 0.05) is 18.2 Å². The first kappa shape index (κ1) is 15.5. The summed E-state index contributed by atoms with van der Waals surface area (Å²) in [4.78, 5) is 10.9. The number of benzene rings is 1. The van der Waals surface area contributed by atoms with Gasteiger partial charge in [-0.2, -0.15) is 13.2 Å². The van der Waals surface area contributed by atoms with E-state index in [1.165, 1.54) is 0 Å². The van der Waals surface area contributed by atoms with E-state index in [9.17, 15) is 26.7 Å². The smallest absolute Gasteiger partial charge is 0.409 e. The molecule has 9 heteroatoms. The average Bonchev–Trinajstić information content (AvgIpc) is 2.26. The molecule has 1 aliphatic heterocycles. The van der Waals surface area contributed by atoms with Crippen LogP contribution in [-0.4, -0.2) is 18.4 Å². The molecule has 1 unspecified atom stereocenters. The molecule has 1 amide bonds. The molecule has 1 aliphatic rings. The fourth-order valence-electron chi connectivity index (χ4n) is 1.92. The van der Waals surface area contributed by atoms with Gasteiger partial charge in [0.05, 0.1) is 0 Å². The summed E-state index contributed by atoms with van der Waals surface area (Å²) in [5, 5.41) is 2.26. The molecule has 1 atom stereocenters. The Kier molecular flexibility index (Phi) is 3.36. The second-order valence-electron chi connectivity index (χ2n) is 4.59. The lowest BCUT2D eigenvalue weighted by molar-refractivity contribution is -0.444. The van der Waals surface area contributed by atoms with Crippen LogP contribution in [0.2, 0.25) is 0 Å². The van der Waals surface area contributed by atoms with Gasteiger partial charge < -0.3 is 10.1 Å². The number of amides is 1. The summed E-state index contributed by atoms with van der Waals surface area (Å²) >= 11 is 0. The summed E-state index contributed by atoms with van der Waals surface area (Å²) in [7, 11) is 0. The van der Waals surface area contributed by atoms with Gasteiger partial charge in [-0.05, 0) is 25.1 Å². The lowest BCUT2D eigenvalue weighted by Crippen LogP contribution is -2.52. The van der Waals surface area contributed by atoms with E-state index < -0.39 is 35.3 Å². The minimum atomic E-state index is -5.11. The standard InChI is InChI=1S/C12H10F5NO3/c1-6(19)18-7-3-4-9-8(5-7)10(2,11(13,14)15)21-12(16,17)20-9/h3-5H,1-2H3,(H,18,19). The Labute approximate surface area is 115 Å². The molecule has 0 aromatic heterocycles. The van der Waals surface area contributed by atoms with E-state index in [1.807, 2.05) is 0 Å². The number of hydrogen-bond donors (Lipinski definition) is 1. The van der Waals surface area contributed by atoms with Crippen LogP contribution in [0.25, 0.3) is 0 Å². The van der Waals surface area contributed by atoms with E-state index >= 15 is 0 Å². The highest BCUT2D eigenvalue weighted by atomic mass is 19.4. The highest BCUT2D eigenvalue weighted by Gasteiger charge is 2.63. The van der Waals surface area contributed by atoms with Crippen LogP contribution in [0.15, 0.2) is 18.2 Å². The second-order valence-corrected chi connectivity index (χ2v) is 4.59. The van der Waals surface area contributed by atoms with Crippen molar-refractivity contribution in [1.29, 1.82) is 0 Å². The van der Waals surface area contributed by atoms with Crippen LogP contribution in [0.4, 0.5) is 27.6 Å². The van der Waals surface area contributed by atoms with Crippen LogP contribution < -0.4 is 10.1 Å². The Balaban J connectivity index is 2.58. The molecule has 1 heterocycles. The largest absolute Gasteiger partial charge is 0.536 e. The maximum Gasteiger partial charge on any atom is 0.536 e. The van der Waals surface area contributed by atoms with Gasteiger partial charge in [-0.25, -0.2) is 0 Å². The molecular formula is C12H10F5NO3. The summed E-state index contributed by atoms with van der Waals surface area (Å²) in [6.45, 7) is 1.63. The van der Waals surface area contributed by atoms with Crippen molar-refractivity contribution < 1.29 is 36.2 Å². The third-order valence-electron chi connectivity index (χ3n) is 2.91. The first-order valence-corrected chi connectivity index (χ1v) is 5.70. The van der Waals surface area contributed by atoms with E-state index in [-0.39, 0.29) is 5.69 Å². The third-order valence-corrected chi connectivity index (χ3v) is 2.91. The molecule has 0 radical (unpaired) electrons. The molecule has 0 saturated heterocycles. The van der Waals surface area contributed by atoms with E-state index in [0.717, 1.165) is 25.1 Å². The van der Waals surface area contributed by atoms with Gasteiger partial charge in [0.2, 0.25) is 5.91 Å². The van der Waals surface area contributed by atoms with Gasteiger partial charge >= 0.3 is 12.5 Å². The molecule has 2 rings (SSSR count). The van der Waals surface area contributed by atoms with E-state index in [4.69, 9.17) is 0 Å². The first-order valence-electron chi connectivity index (χ1n) is 5.70. The fourth-order valence-corrected chi connectivity index (χ4v) is 1.92. The fraction of sp³-hybridized carbons (Fsp3) is 0.417. The van der Waals surface area contributed by atoms with E-state index in [0.29, 0.717) is 6.92 Å². The number of nitrogens with one attached hydrogen (secondary N) is 1. The predicted octanol–water partition coefficient (Wildman–Crippen LogP) is 3.38. The van der Waals surface area contributed by atoms with Crippen LogP contribution in [0, 0.1) is 0 Å². The molecule has 116 valence electrons. The highest BCUT2D eigenvalue weighted by molar-refractivity contribution is 5.88. The molecule has 1 N–H and O–H groups in total. The van der Waals surface area contributed by atoms with Crippen LogP contribution in [0.3, 0.4) is 0 Å². The van der Waals surface area contributed by atoms with Crippen LogP contribution >= 0.6 is 0 Å². The zero-order valence-corrected chi connectivity index (χ0v) is 10.8. The van der Waals surface area contributed by atoms with Crippen molar-refractivity contribution >= 4 is 11.6 Å². The maximum atomic E-state index is 13.2. The van der Waals surface area contributed by atoms with Gasteiger partial charge in [-0.15, -0.1) is 8.78 Å². The molecule has 0 bridgehead atoms. The van der Waals surface area contributed by atoms with Crippen molar-refractivity contribution in [3.05, 3.63) is 23.8 Å². The van der Waals surface area contributed by atoms with Crippen LogP contribution in [0.5, 0.6) is 5.75 Å². The van der Waals surface area contributed by atoms with Crippen molar-refractivity contribution in [3.8, 4) is 5.75 Å². The van der Waals surface area contributed by atoms with E-state index in [2.05, 4.69) is 14.8 Å². The lowest BCUT2D eigenvalue weighted by Gasteiger charge is -2.40.